The van der Waals surface area contributed by atoms with E-state index in [9.17, 15) is 14.4 Å². The van der Waals surface area contributed by atoms with E-state index in [1.54, 1.807) is 30.3 Å². The van der Waals surface area contributed by atoms with Gasteiger partial charge in [0.1, 0.15) is 5.75 Å². The third kappa shape index (κ3) is 6.54. The first kappa shape index (κ1) is 25.0. The highest BCUT2D eigenvalue weighted by Crippen LogP contribution is 2.35. The molecule has 0 saturated carbocycles. The van der Waals surface area contributed by atoms with Crippen LogP contribution in [0.5, 0.6) is 5.75 Å². The number of thioether (sulfide) groups is 1. The number of hydrogen-bond acceptors (Lipinski definition) is 5. The number of rotatable bonds is 7. The van der Waals surface area contributed by atoms with E-state index in [2.05, 4.69) is 21.2 Å². The maximum absolute atomic E-state index is 13.0. The van der Waals surface area contributed by atoms with Gasteiger partial charge in [0.2, 0.25) is 0 Å². The first-order valence-electron chi connectivity index (χ1n) is 10.6. The normalized spacial score (nSPS) is 14.5. The van der Waals surface area contributed by atoms with Crippen LogP contribution in [0.1, 0.15) is 16.7 Å². The summed E-state index contributed by atoms with van der Waals surface area (Å²) in [6, 6.07) is 19.7. The molecular weight excluding hydrogens is 552 g/mol. The van der Waals surface area contributed by atoms with Gasteiger partial charge in [0, 0.05) is 20.7 Å². The fraction of sp³-hybridized carbons (Fsp3) is 0.115. The minimum atomic E-state index is -0.397. The van der Waals surface area contributed by atoms with Gasteiger partial charge in [-0.2, -0.15) is 0 Å². The second kappa shape index (κ2) is 11.1. The van der Waals surface area contributed by atoms with Crippen LogP contribution in [0.15, 0.2) is 76.1 Å². The van der Waals surface area contributed by atoms with E-state index in [4.69, 9.17) is 16.3 Å². The molecule has 4 rings (SSSR count). The lowest BCUT2D eigenvalue weighted by Crippen LogP contribution is -2.27. The number of benzene rings is 3. The standard InChI is InChI=1S/C26H20BrClN2O4S/c1-16-3-2-4-21(11-16)29-24(31)15-34-22-10-9-20(28)12-18(22)13-23-25(32)30(26(33)35-23)14-17-5-7-19(27)8-6-17/h2-13H,14-15H2,1H3,(H,29,31)/b23-13-. The second-order valence-electron chi connectivity index (χ2n) is 7.78. The van der Waals surface area contributed by atoms with Crippen LogP contribution in [-0.2, 0) is 16.1 Å². The van der Waals surface area contributed by atoms with Gasteiger partial charge in [-0.05, 0) is 78.4 Å². The van der Waals surface area contributed by atoms with Crippen LogP contribution < -0.4 is 10.1 Å². The number of ether oxygens (including phenoxy) is 1. The fourth-order valence-electron chi connectivity index (χ4n) is 3.38. The summed E-state index contributed by atoms with van der Waals surface area (Å²) >= 11 is 10.4. The van der Waals surface area contributed by atoms with E-state index in [0.717, 1.165) is 27.4 Å². The highest BCUT2D eigenvalue weighted by molar-refractivity contribution is 9.10. The highest BCUT2D eigenvalue weighted by atomic mass is 79.9. The van der Waals surface area contributed by atoms with E-state index in [0.29, 0.717) is 22.0 Å². The van der Waals surface area contributed by atoms with Crippen molar-refractivity contribution in [2.45, 2.75) is 13.5 Å². The van der Waals surface area contributed by atoms with Crippen molar-refractivity contribution in [3.05, 3.63) is 97.8 Å². The van der Waals surface area contributed by atoms with Crippen molar-refractivity contribution >= 4 is 68.1 Å². The number of halogens is 2. The molecule has 3 aromatic carbocycles. The van der Waals surface area contributed by atoms with Crippen LogP contribution in [-0.4, -0.2) is 28.6 Å². The lowest BCUT2D eigenvalue weighted by molar-refractivity contribution is -0.123. The van der Waals surface area contributed by atoms with Crippen LogP contribution >= 0.6 is 39.3 Å². The molecular formula is C26H20BrClN2O4S. The van der Waals surface area contributed by atoms with Crippen LogP contribution in [0, 0.1) is 6.92 Å². The Kier molecular flexibility index (Phi) is 7.95. The number of aryl methyl sites for hydroxylation is 1. The van der Waals surface area contributed by atoms with Crippen molar-refractivity contribution in [1.29, 1.82) is 0 Å². The maximum Gasteiger partial charge on any atom is 0.293 e. The van der Waals surface area contributed by atoms with Gasteiger partial charge in [-0.15, -0.1) is 0 Å². The number of nitrogens with one attached hydrogen (secondary N) is 1. The number of carbonyl (C=O) groups excluding carboxylic acids is 3. The summed E-state index contributed by atoms with van der Waals surface area (Å²) in [7, 11) is 0. The Morgan fingerprint density at radius 1 is 1.11 bits per heavy atom. The van der Waals surface area contributed by atoms with Gasteiger partial charge in [0.05, 0.1) is 11.4 Å². The predicted molar refractivity (Wildman–Crippen MR) is 142 cm³/mol. The molecule has 3 amide bonds. The minimum absolute atomic E-state index is 0.174. The largest absolute Gasteiger partial charge is 0.483 e. The topological polar surface area (TPSA) is 75.7 Å². The van der Waals surface area contributed by atoms with Crippen molar-refractivity contribution in [3.8, 4) is 5.75 Å². The Bertz CT molecular complexity index is 1330. The smallest absolute Gasteiger partial charge is 0.293 e. The molecule has 0 unspecified atom stereocenters. The van der Waals surface area contributed by atoms with Crippen molar-refractivity contribution in [3.63, 3.8) is 0 Å². The number of imide groups is 1. The van der Waals surface area contributed by atoms with Gasteiger partial charge < -0.3 is 10.1 Å². The predicted octanol–water partition coefficient (Wildman–Crippen LogP) is 6.66. The Labute approximate surface area is 220 Å². The molecule has 9 heteroatoms. The van der Waals surface area contributed by atoms with Crippen molar-refractivity contribution in [2.75, 3.05) is 11.9 Å². The molecule has 1 saturated heterocycles. The monoisotopic (exact) mass is 570 g/mol. The first-order valence-corrected chi connectivity index (χ1v) is 12.6. The first-order chi connectivity index (χ1) is 16.8. The van der Waals surface area contributed by atoms with E-state index in [-0.39, 0.29) is 29.2 Å². The molecule has 0 spiro atoms. The number of amides is 3. The summed E-state index contributed by atoms with van der Waals surface area (Å²) in [5.41, 5.74) is 3.03. The molecule has 178 valence electrons. The Hall–Kier alpha value is -3.07. The van der Waals surface area contributed by atoms with Gasteiger partial charge in [0.15, 0.2) is 6.61 Å². The summed E-state index contributed by atoms with van der Waals surface area (Å²) in [4.78, 5) is 39.3. The van der Waals surface area contributed by atoms with Gasteiger partial charge in [-0.25, -0.2) is 0 Å². The average molecular weight is 572 g/mol. The van der Waals surface area contributed by atoms with Crippen LogP contribution in [0.25, 0.3) is 6.08 Å². The van der Waals surface area contributed by atoms with E-state index < -0.39 is 5.91 Å². The molecule has 1 N–H and O–H groups in total. The molecule has 3 aromatic rings. The number of carbonyl (C=O) groups is 3. The highest BCUT2D eigenvalue weighted by Gasteiger charge is 2.35. The minimum Gasteiger partial charge on any atom is -0.483 e. The van der Waals surface area contributed by atoms with E-state index in [1.165, 1.54) is 4.90 Å². The molecule has 0 radical (unpaired) electrons. The molecule has 1 heterocycles. The molecule has 0 bridgehead atoms. The summed E-state index contributed by atoms with van der Waals surface area (Å²) in [6.45, 7) is 1.88. The summed E-state index contributed by atoms with van der Waals surface area (Å²) in [5.74, 6) is -0.356. The molecule has 0 aromatic heterocycles. The molecule has 35 heavy (non-hydrogen) atoms. The second-order valence-corrected chi connectivity index (χ2v) is 10.1. The molecule has 0 atom stereocenters. The van der Waals surface area contributed by atoms with Crippen molar-refractivity contribution in [1.82, 2.24) is 4.90 Å². The SMILES string of the molecule is Cc1cccc(NC(=O)COc2ccc(Cl)cc2/C=C2\SC(=O)N(Cc3ccc(Br)cc3)C2=O)c1. The molecule has 6 nitrogen and oxygen atoms in total. The molecule has 1 aliphatic rings. The third-order valence-corrected chi connectivity index (χ3v) is 6.72. The zero-order chi connectivity index (χ0) is 24.9. The number of nitrogens with zero attached hydrogens (tertiary/aromatic N) is 1. The zero-order valence-corrected chi connectivity index (χ0v) is 21.7. The molecule has 0 aliphatic carbocycles. The van der Waals surface area contributed by atoms with Gasteiger partial charge in [-0.3, -0.25) is 19.3 Å². The third-order valence-electron chi connectivity index (χ3n) is 5.05. The lowest BCUT2D eigenvalue weighted by Gasteiger charge is -2.13. The van der Waals surface area contributed by atoms with E-state index >= 15 is 0 Å². The van der Waals surface area contributed by atoms with Crippen molar-refractivity contribution in [2.24, 2.45) is 0 Å². The fourth-order valence-corrected chi connectivity index (χ4v) is 4.65. The van der Waals surface area contributed by atoms with Crippen LogP contribution in [0.2, 0.25) is 5.02 Å². The van der Waals surface area contributed by atoms with Crippen LogP contribution in [0.3, 0.4) is 0 Å². The van der Waals surface area contributed by atoms with Gasteiger partial charge >= 0.3 is 0 Å². The summed E-state index contributed by atoms with van der Waals surface area (Å²) in [5, 5.41) is 2.86. The maximum atomic E-state index is 13.0. The molecule has 1 fully saturated rings. The van der Waals surface area contributed by atoms with Gasteiger partial charge in [0.25, 0.3) is 17.1 Å². The zero-order valence-electron chi connectivity index (χ0n) is 18.6. The number of anilines is 1. The molecule has 1 aliphatic heterocycles. The Morgan fingerprint density at radius 2 is 1.89 bits per heavy atom. The Balaban J connectivity index is 1.47. The van der Waals surface area contributed by atoms with Crippen molar-refractivity contribution < 1.29 is 19.1 Å². The summed E-state index contributed by atoms with van der Waals surface area (Å²) in [6.07, 6.45) is 1.56. The number of hydrogen-bond donors (Lipinski definition) is 1. The summed E-state index contributed by atoms with van der Waals surface area (Å²) < 4.78 is 6.64. The van der Waals surface area contributed by atoms with Gasteiger partial charge in [-0.1, -0.05) is 51.8 Å². The lowest BCUT2D eigenvalue weighted by atomic mass is 10.1. The van der Waals surface area contributed by atoms with Crippen LogP contribution in [0.4, 0.5) is 10.5 Å². The Morgan fingerprint density at radius 3 is 2.63 bits per heavy atom. The van der Waals surface area contributed by atoms with E-state index in [1.807, 2.05) is 49.4 Å². The quantitative estimate of drug-likeness (QED) is 0.321. The average Bonchev–Trinajstić information content (AvgIpc) is 3.07.